The number of hydrogen-bond donors (Lipinski definition) is 1. The summed E-state index contributed by atoms with van der Waals surface area (Å²) in [6.45, 7) is 2.10. The van der Waals surface area contributed by atoms with E-state index in [0.717, 1.165) is 16.8 Å². The van der Waals surface area contributed by atoms with Crippen molar-refractivity contribution in [2.45, 2.75) is 18.3 Å². The van der Waals surface area contributed by atoms with Crippen molar-refractivity contribution >= 4 is 17.6 Å². The lowest BCUT2D eigenvalue weighted by Crippen LogP contribution is -2.25. The fourth-order valence-corrected chi connectivity index (χ4v) is 3.98. The third-order valence-electron chi connectivity index (χ3n) is 4.90. The minimum Gasteiger partial charge on any atom is -0.466 e. The van der Waals surface area contributed by atoms with Crippen LogP contribution < -0.4 is 5.32 Å². The molecule has 1 aliphatic carbocycles. The van der Waals surface area contributed by atoms with Crippen LogP contribution in [0.4, 0.5) is 5.69 Å². The molecule has 1 amide bonds. The van der Waals surface area contributed by atoms with Gasteiger partial charge in [0.2, 0.25) is 5.91 Å². The van der Waals surface area contributed by atoms with Gasteiger partial charge in [0.05, 0.1) is 17.9 Å². The van der Waals surface area contributed by atoms with Gasteiger partial charge in [-0.05, 0) is 24.1 Å². The van der Waals surface area contributed by atoms with Crippen molar-refractivity contribution in [2.75, 3.05) is 11.9 Å². The molecule has 4 rings (SSSR count). The average molecular weight is 307 g/mol. The SMILES string of the molecule is CCOC(=O)[C@H]1[C@H](c2ccccc2)[C@]12C(=O)Nc1ccccc12. The van der Waals surface area contributed by atoms with Crippen LogP contribution in [0.2, 0.25) is 0 Å². The Hall–Kier alpha value is -2.62. The number of carbonyl (C=O) groups excluding carboxylic acids is 2. The van der Waals surface area contributed by atoms with Gasteiger partial charge < -0.3 is 10.1 Å². The summed E-state index contributed by atoms with van der Waals surface area (Å²) in [5.74, 6) is -1.04. The Morgan fingerprint density at radius 2 is 1.83 bits per heavy atom. The topological polar surface area (TPSA) is 55.4 Å². The molecule has 116 valence electrons. The molecule has 0 radical (unpaired) electrons. The van der Waals surface area contributed by atoms with E-state index in [1.165, 1.54) is 0 Å². The van der Waals surface area contributed by atoms with Crippen molar-refractivity contribution in [1.29, 1.82) is 0 Å². The number of carbonyl (C=O) groups is 2. The molecule has 2 aromatic rings. The number of nitrogens with one attached hydrogen (secondary N) is 1. The van der Waals surface area contributed by atoms with Crippen LogP contribution in [0.3, 0.4) is 0 Å². The van der Waals surface area contributed by atoms with Crippen LogP contribution >= 0.6 is 0 Å². The summed E-state index contributed by atoms with van der Waals surface area (Å²) in [6.07, 6.45) is 0. The third kappa shape index (κ3) is 1.78. The monoisotopic (exact) mass is 307 g/mol. The zero-order valence-corrected chi connectivity index (χ0v) is 12.8. The van der Waals surface area contributed by atoms with E-state index in [1.807, 2.05) is 54.6 Å². The molecule has 1 fully saturated rings. The first-order chi connectivity index (χ1) is 11.2. The van der Waals surface area contributed by atoms with Crippen molar-refractivity contribution in [3.8, 4) is 0 Å². The van der Waals surface area contributed by atoms with Gasteiger partial charge in [0, 0.05) is 11.6 Å². The molecule has 2 aromatic carbocycles. The zero-order chi connectivity index (χ0) is 16.0. The Labute approximate surface area is 134 Å². The second kappa shape index (κ2) is 4.95. The lowest BCUT2D eigenvalue weighted by molar-refractivity contribution is -0.146. The highest BCUT2D eigenvalue weighted by molar-refractivity contribution is 6.14. The van der Waals surface area contributed by atoms with E-state index >= 15 is 0 Å². The van der Waals surface area contributed by atoms with Gasteiger partial charge in [0.1, 0.15) is 0 Å². The summed E-state index contributed by atoms with van der Waals surface area (Å²) < 4.78 is 5.25. The quantitative estimate of drug-likeness (QED) is 0.887. The van der Waals surface area contributed by atoms with Crippen LogP contribution in [0.15, 0.2) is 54.6 Å². The molecular weight excluding hydrogens is 290 g/mol. The number of rotatable bonds is 3. The smallest absolute Gasteiger partial charge is 0.311 e. The van der Waals surface area contributed by atoms with Crippen LogP contribution in [-0.2, 0) is 19.7 Å². The third-order valence-corrected chi connectivity index (χ3v) is 4.90. The number of para-hydroxylation sites is 1. The minimum absolute atomic E-state index is 0.106. The van der Waals surface area contributed by atoms with E-state index in [0.29, 0.717) is 6.61 Å². The maximum absolute atomic E-state index is 12.8. The number of esters is 1. The molecule has 0 saturated heterocycles. The molecule has 1 heterocycles. The van der Waals surface area contributed by atoms with E-state index < -0.39 is 11.3 Å². The molecule has 1 saturated carbocycles. The molecule has 4 nitrogen and oxygen atoms in total. The number of benzene rings is 2. The Kier molecular flexibility index (Phi) is 3.01. The highest BCUT2D eigenvalue weighted by atomic mass is 16.5. The van der Waals surface area contributed by atoms with Crippen LogP contribution in [0.25, 0.3) is 0 Å². The molecule has 1 N–H and O–H groups in total. The molecule has 1 aliphatic heterocycles. The predicted molar refractivity (Wildman–Crippen MR) is 86.1 cm³/mol. The summed E-state index contributed by atoms with van der Waals surface area (Å²) in [5.41, 5.74) is 1.86. The lowest BCUT2D eigenvalue weighted by atomic mass is 9.91. The van der Waals surface area contributed by atoms with Crippen LogP contribution in [0.1, 0.15) is 24.0 Å². The van der Waals surface area contributed by atoms with Gasteiger partial charge in [-0.2, -0.15) is 0 Å². The Balaban J connectivity index is 1.85. The number of fused-ring (bicyclic) bond motifs is 2. The van der Waals surface area contributed by atoms with Crippen LogP contribution in [0, 0.1) is 5.92 Å². The average Bonchev–Trinajstić information content (AvgIpc) is 3.19. The van der Waals surface area contributed by atoms with E-state index in [-0.39, 0.29) is 17.8 Å². The number of hydrogen-bond acceptors (Lipinski definition) is 3. The first-order valence-corrected chi connectivity index (χ1v) is 7.83. The van der Waals surface area contributed by atoms with E-state index in [9.17, 15) is 9.59 Å². The number of anilines is 1. The molecule has 0 aromatic heterocycles. The van der Waals surface area contributed by atoms with E-state index in [1.54, 1.807) is 6.92 Å². The van der Waals surface area contributed by atoms with Crippen molar-refractivity contribution < 1.29 is 14.3 Å². The second-order valence-electron chi connectivity index (χ2n) is 5.99. The minimum atomic E-state index is -0.829. The largest absolute Gasteiger partial charge is 0.466 e. The predicted octanol–water partition coefficient (Wildman–Crippen LogP) is 2.85. The Morgan fingerprint density at radius 3 is 2.57 bits per heavy atom. The highest BCUT2D eigenvalue weighted by Gasteiger charge is 2.76. The fraction of sp³-hybridized carbons (Fsp3) is 0.263. The maximum Gasteiger partial charge on any atom is 0.311 e. The van der Waals surface area contributed by atoms with Crippen molar-refractivity contribution in [3.63, 3.8) is 0 Å². The first-order valence-electron chi connectivity index (χ1n) is 7.83. The normalized spacial score (nSPS) is 27.4. The van der Waals surface area contributed by atoms with Gasteiger partial charge >= 0.3 is 5.97 Å². The van der Waals surface area contributed by atoms with Gasteiger partial charge in [-0.15, -0.1) is 0 Å². The van der Waals surface area contributed by atoms with Gasteiger partial charge in [-0.3, -0.25) is 9.59 Å². The van der Waals surface area contributed by atoms with Gasteiger partial charge in [-0.1, -0.05) is 48.5 Å². The molecule has 4 heteroatoms. The molecule has 3 atom stereocenters. The highest BCUT2D eigenvalue weighted by Crippen LogP contribution is 2.69. The molecule has 23 heavy (non-hydrogen) atoms. The Morgan fingerprint density at radius 1 is 1.13 bits per heavy atom. The summed E-state index contributed by atoms with van der Waals surface area (Å²) >= 11 is 0. The molecule has 1 spiro atoms. The van der Waals surface area contributed by atoms with Gasteiger partial charge in [0.25, 0.3) is 0 Å². The maximum atomic E-state index is 12.8. The van der Waals surface area contributed by atoms with Crippen molar-refractivity contribution in [1.82, 2.24) is 0 Å². The van der Waals surface area contributed by atoms with Crippen molar-refractivity contribution in [2.24, 2.45) is 5.92 Å². The summed E-state index contributed by atoms with van der Waals surface area (Å²) in [7, 11) is 0. The summed E-state index contributed by atoms with van der Waals surface area (Å²) in [6, 6.07) is 17.3. The Bertz CT molecular complexity index is 786. The van der Waals surface area contributed by atoms with Crippen molar-refractivity contribution in [3.05, 3.63) is 65.7 Å². The fourth-order valence-electron chi connectivity index (χ4n) is 3.98. The lowest BCUT2D eigenvalue weighted by Gasteiger charge is -2.09. The number of ether oxygens (including phenoxy) is 1. The second-order valence-corrected chi connectivity index (χ2v) is 5.99. The van der Waals surface area contributed by atoms with Gasteiger partial charge in [0.15, 0.2) is 0 Å². The molecule has 2 aliphatic rings. The van der Waals surface area contributed by atoms with E-state index in [4.69, 9.17) is 4.74 Å². The zero-order valence-electron chi connectivity index (χ0n) is 12.8. The molecule has 0 unspecified atom stereocenters. The van der Waals surface area contributed by atoms with Crippen LogP contribution in [-0.4, -0.2) is 18.5 Å². The standard InChI is InChI=1S/C19H17NO3/c1-2-23-17(21)16-15(12-8-4-3-5-9-12)19(16)13-10-6-7-11-14(13)20-18(19)22/h3-11,15-16H,2H2,1H3,(H,20,22)/t15-,16+,19-/m0/s1. The summed E-state index contributed by atoms with van der Waals surface area (Å²) in [4.78, 5) is 25.3. The molecular formula is C19H17NO3. The molecule has 0 bridgehead atoms. The summed E-state index contributed by atoms with van der Waals surface area (Å²) in [5, 5.41) is 2.93. The van der Waals surface area contributed by atoms with Gasteiger partial charge in [-0.25, -0.2) is 0 Å². The van der Waals surface area contributed by atoms with E-state index in [2.05, 4.69) is 5.32 Å². The number of amides is 1. The van der Waals surface area contributed by atoms with Crippen LogP contribution in [0.5, 0.6) is 0 Å². The first kappa shape index (κ1) is 14.0.